The molecule has 0 radical (unpaired) electrons. The summed E-state index contributed by atoms with van der Waals surface area (Å²) in [5.41, 5.74) is 13.0. The van der Waals surface area contributed by atoms with Crippen molar-refractivity contribution in [3.8, 4) is 0 Å². The second-order valence-corrected chi connectivity index (χ2v) is 6.72. The molecule has 0 heterocycles. The fourth-order valence-corrected chi connectivity index (χ4v) is 2.11. The monoisotopic (exact) mass is 376 g/mol. The number of rotatable bonds is 3. The quantitative estimate of drug-likeness (QED) is 0.617. The summed E-state index contributed by atoms with van der Waals surface area (Å²) in [5, 5.41) is 0. The van der Waals surface area contributed by atoms with Gasteiger partial charge < -0.3 is 16.2 Å². The lowest BCUT2D eigenvalue weighted by Gasteiger charge is -2.19. The molecule has 0 spiro atoms. The Balaban J connectivity index is 0.000000277. The van der Waals surface area contributed by atoms with Gasteiger partial charge in [0.2, 0.25) is 0 Å². The normalized spacial score (nSPS) is 10.4. The molecule has 0 aliphatic carbocycles. The number of ether oxygens (including phenoxy) is 1. The third kappa shape index (κ3) is 6.97. The van der Waals surface area contributed by atoms with E-state index in [-0.39, 0.29) is 0 Å². The van der Waals surface area contributed by atoms with Crippen molar-refractivity contribution in [1.82, 2.24) is 0 Å². The van der Waals surface area contributed by atoms with E-state index in [0.717, 1.165) is 5.56 Å². The molecule has 0 aliphatic heterocycles. The lowest BCUT2D eigenvalue weighted by molar-refractivity contribution is -0.0788. The maximum absolute atomic E-state index is 11.6. The average Bonchev–Trinajstić information content (AvgIpc) is 2.62. The van der Waals surface area contributed by atoms with E-state index in [4.69, 9.17) is 16.2 Å². The highest BCUT2D eigenvalue weighted by Gasteiger charge is 2.18. The number of hydrogen-bond acceptors (Lipinski definition) is 6. The molecule has 0 saturated carbocycles. The summed E-state index contributed by atoms with van der Waals surface area (Å²) < 4.78 is 16.7. The zero-order valence-corrected chi connectivity index (χ0v) is 15.9. The topological polar surface area (TPSA) is 105 Å². The smallest absolute Gasteiger partial charge is 0.379 e. The van der Waals surface area contributed by atoms with Gasteiger partial charge >= 0.3 is 11.9 Å². The average molecular weight is 376 g/mol. The van der Waals surface area contributed by atoms with Crippen molar-refractivity contribution < 1.29 is 23.8 Å². The highest BCUT2D eigenvalue weighted by Crippen LogP contribution is 2.18. The number of halogens is 1. The van der Waals surface area contributed by atoms with Crippen molar-refractivity contribution in [3.05, 3.63) is 59.2 Å². The fourth-order valence-electron chi connectivity index (χ4n) is 2.11. The van der Waals surface area contributed by atoms with E-state index >= 15 is 0 Å². The van der Waals surface area contributed by atoms with Gasteiger partial charge in [-0.3, -0.25) is 0 Å². The molecule has 2 rings (SSSR count). The fraction of sp³-hybridized carbons (Fsp3) is 0.300. The molecule has 0 saturated heterocycles. The van der Waals surface area contributed by atoms with Crippen LogP contribution in [0.1, 0.15) is 54.0 Å². The SMILES string of the molecule is CC(C)(C)OC(=O)c1ccc(N)c(N)c1.CCc1ccccc1C(=O)OF. The lowest BCUT2D eigenvalue weighted by Crippen LogP contribution is -2.23. The van der Waals surface area contributed by atoms with Gasteiger partial charge in [0.05, 0.1) is 22.5 Å². The standard InChI is InChI=1S/C11H16N2O2.C9H9FO2/c1-11(2,3)15-10(14)7-4-5-8(12)9(13)6-7;1-2-7-5-3-4-6-8(7)9(11)12-10/h4-6H,12-13H2,1-3H3;3-6H,2H2,1H3. The molecule has 0 amide bonds. The Bertz CT molecular complexity index is 801. The van der Waals surface area contributed by atoms with Crippen molar-refractivity contribution in [2.75, 3.05) is 11.5 Å². The van der Waals surface area contributed by atoms with E-state index in [2.05, 4.69) is 4.94 Å². The molecular weight excluding hydrogens is 351 g/mol. The first-order valence-corrected chi connectivity index (χ1v) is 8.38. The molecule has 0 atom stereocenters. The van der Waals surface area contributed by atoms with E-state index in [1.807, 2.05) is 27.7 Å². The molecule has 0 unspecified atom stereocenters. The minimum atomic E-state index is -0.924. The highest BCUT2D eigenvalue weighted by atomic mass is 19.3. The highest BCUT2D eigenvalue weighted by molar-refractivity contribution is 5.92. The van der Waals surface area contributed by atoms with Crippen LogP contribution in [0.25, 0.3) is 0 Å². The molecule has 7 heteroatoms. The molecule has 0 fully saturated rings. The minimum Gasteiger partial charge on any atom is -0.456 e. The van der Waals surface area contributed by atoms with E-state index in [0.29, 0.717) is 28.9 Å². The zero-order chi connectivity index (χ0) is 20.6. The van der Waals surface area contributed by atoms with Gasteiger partial charge in [-0.05, 0) is 57.0 Å². The van der Waals surface area contributed by atoms with Crippen LogP contribution in [0.5, 0.6) is 0 Å². The van der Waals surface area contributed by atoms with Crippen LogP contribution < -0.4 is 11.5 Å². The summed E-state index contributed by atoms with van der Waals surface area (Å²) in [7, 11) is 0. The number of benzene rings is 2. The van der Waals surface area contributed by atoms with Crippen molar-refractivity contribution >= 4 is 23.3 Å². The molecule has 0 aliphatic rings. The summed E-state index contributed by atoms with van der Waals surface area (Å²) in [4.78, 5) is 25.5. The Labute approximate surface area is 158 Å². The van der Waals surface area contributed by atoms with Crippen LogP contribution in [-0.4, -0.2) is 17.5 Å². The van der Waals surface area contributed by atoms with Crippen LogP contribution in [0.2, 0.25) is 0 Å². The van der Waals surface area contributed by atoms with Gasteiger partial charge in [-0.25, -0.2) is 14.5 Å². The predicted octanol–water partition coefficient (Wildman–Crippen LogP) is 4.10. The second kappa shape index (κ2) is 9.56. The third-order valence-corrected chi connectivity index (χ3v) is 3.41. The largest absolute Gasteiger partial charge is 0.456 e. The summed E-state index contributed by atoms with van der Waals surface area (Å²) in [6.07, 6.45) is 0.686. The van der Waals surface area contributed by atoms with Crippen LogP contribution >= 0.6 is 0 Å². The van der Waals surface area contributed by atoms with Gasteiger partial charge in [0.25, 0.3) is 0 Å². The van der Waals surface area contributed by atoms with Gasteiger partial charge in [0.15, 0.2) is 0 Å². The first-order chi connectivity index (χ1) is 12.6. The number of aryl methyl sites for hydroxylation is 1. The predicted molar refractivity (Wildman–Crippen MR) is 103 cm³/mol. The number of nitrogen functional groups attached to an aromatic ring is 2. The number of carbonyl (C=O) groups excluding carboxylic acids is 2. The number of anilines is 2. The van der Waals surface area contributed by atoms with E-state index in [1.54, 1.807) is 36.4 Å². The molecule has 2 aromatic rings. The minimum absolute atomic E-state index is 0.294. The van der Waals surface area contributed by atoms with Crippen molar-refractivity contribution in [2.45, 2.75) is 39.7 Å². The summed E-state index contributed by atoms with van der Waals surface area (Å²) >= 11 is 0. The van der Waals surface area contributed by atoms with Gasteiger partial charge in [-0.1, -0.05) is 25.1 Å². The van der Waals surface area contributed by atoms with Crippen LogP contribution in [0.3, 0.4) is 0 Å². The Morgan fingerprint density at radius 3 is 2.15 bits per heavy atom. The van der Waals surface area contributed by atoms with Crippen LogP contribution in [0.4, 0.5) is 15.9 Å². The van der Waals surface area contributed by atoms with Gasteiger partial charge in [0, 0.05) is 4.53 Å². The van der Waals surface area contributed by atoms with Crippen molar-refractivity contribution in [2.24, 2.45) is 0 Å². The Morgan fingerprint density at radius 2 is 1.63 bits per heavy atom. The van der Waals surface area contributed by atoms with Gasteiger partial charge in [0.1, 0.15) is 5.60 Å². The third-order valence-electron chi connectivity index (χ3n) is 3.41. The second-order valence-electron chi connectivity index (χ2n) is 6.72. The van der Waals surface area contributed by atoms with E-state index < -0.39 is 17.5 Å². The number of carbonyl (C=O) groups is 2. The Hall–Kier alpha value is -3.09. The van der Waals surface area contributed by atoms with Crippen LogP contribution in [0.15, 0.2) is 42.5 Å². The maximum atomic E-state index is 11.6. The number of nitrogens with two attached hydrogens (primary N) is 2. The number of hydrogen-bond donors (Lipinski definition) is 2. The molecule has 6 nitrogen and oxygen atoms in total. The molecule has 4 N–H and O–H groups in total. The summed E-state index contributed by atoms with van der Waals surface area (Å²) in [5.74, 6) is -1.32. The number of esters is 1. The first-order valence-electron chi connectivity index (χ1n) is 8.38. The van der Waals surface area contributed by atoms with Crippen LogP contribution in [0, 0.1) is 0 Å². The summed E-state index contributed by atoms with van der Waals surface area (Å²) in [6.45, 7) is 7.33. The van der Waals surface area contributed by atoms with Crippen molar-refractivity contribution in [3.63, 3.8) is 0 Å². The molecule has 27 heavy (non-hydrogen) atoms. The zero-order valence-electron chi connectivity index (χ0n) is 15.9. The van der Waals surface area contributed by atoms with Crippen LogP contribution in [-0.2, 0) is 16.1 Å². The molecule has 146 valence electrons. The lowest BCUT2D eigenvalue weighted by atomic mass is 10.1. The van der Waals surface area contributed by atoms with Gasteiger partial charge in [-0.2, -0.15) is 0 Å². The van der Waals surface area contributed by atoms with E-state index in [1.165, 1.54) is 6.07 Å². The van der Waals surface area contributed by atoms with E-state index in [9.17, 15) is 14.1 Å². The molecule has 2 aromatic carbocycles. The Morgan fingerprint density at radius 1 is 1.00 bits per heavy atom. The van der Waals surface area contributed by atoms with Crippen molar-refractivity contribution in [1.29, 1.82) is 0 Å². The molecule has 0 aromatic heterocycles. The maximum Gasteiger partial charge on any atom is 0.379 e. The summed E-state index contributed by atoms with van der Waals surface area (Å²) in [6, 6.07) is 11.5. The van der Waals surface area contributed by atoms with Gasteiger partial charge in [-0.15, -0.1) is 0 Å². The molecular formula is C20H25FN2O4. The first kappa shape index (κ1) is 22.0. The Kier molecular flexibility index (Phi) is 7.78. The molecule has 0 bridgehead atoms.